The normalized spacial score (nSPS) is 44.4. The van der Waals surface area contributed by atoms with Crippen molar-refractivity contribution in [2.24, 2.45) is 52.3 Å². The van der Waals surface area contributed by atoms with Gasteiger partial charge in [0.05, 0.1) is 12.2 Å². The molecular formula is C30H50O4. The largest absolute Gasteiger partial charge is 0.462 e. The van der Waals surface area contributed by atoms with Gasteiger partial charge in [0.1, 0.15) is 6.10 Å². The molecule has 0 heterocycles. The average molecular weight is 475 g/mol. The minimum Gasteiger partial charge on any atom is -0.462 e. The van der Waals surface area contributed by atoms with Gasteiger partial charge in [-0.3, -0.25) is 4.79 Å². The zero-order valence-electron chi connectivity index (χ0n) is 22.7. The second-order valence-corrected chi connectivity index (χ2v) is 13.4. The number of fused-ring (bicyclic) bond motifs is 5. The van der Waals surface area contributed by atoms with Gasteiger partial charge in [-0.2, -0.15) is 0 Å². The van der Waals surface area contributed by atoms with Crippen LogP contribution in [-0.2, 0) is 9.53 Å². The zero-order valence-corrected chi connectivity index (χ0v) is 22.7. The van der Waals surface area contributed by atoms with Gasteiger partial charge >= 0.3 is 5.97 Å². The number of carbonyl (C=O) groups excluding carboxylic acids is 1. The van der Waals surface area contributed by atoms with E-state index in [2.05, 4.69) is 47.6 Å². The van der Waals surface area contributed by atoms with Crippen molar-refractivity contribution in [3.8, 4) is 0 Å². The molecular weight excluding hydrogens is 424 g/mol. The van der Waals surface area contributed by atoms with E-state index in [0.29, 0.717) is 35.5 Å². The van der Waals surface area contributed by atoms with Crippen molar-refractivity contribution < 1.29 is 19.7 Å². The standard InChI is InChI=1S/C30H50O4/c1-17(2)19(4)27(33)14-18(3)24-10-11-25-23-9-8-21-15-22(32)12-13-29(21,6)26(23)16-28(30(24,25)7)34-20(5)31/h8,17-19,22-28,32-33H,9-16H2,1-7H3/t18?,19?,22-,23-,24+,25-,26-,27?,28+,29-,30+/m0/s1. The number of ether oxygens (including phenoxy) is 1. The Bertz CT molecular complexity index is 789. The van der Waals surface area contributed by atoms with Crippen LogP contribution in [0.3, 0.4) is 0 Å². The SMILES string of the molecule is CC(=O)O[C@@H]1C[C@H]2[C@@H](CC=C3C[C@@H](O)CC[C@@]32C)[C@@H]2CC[C@H](C(C)CC(O)C(C)C(C)C)[C@@]12C. The molecule has 0 aliphatic heterocycles. The highest BCUT2D eigenvalue weighted by Gasteiger charge is 2.64. The van der Waals surface area contributed by atoms with Gasteiger partial charge in [-0.1, -0.05) is 53.2 Å². The molecule has 4 heteroatoms. The molecule has 2 N–H and O–H groups in total. The van der Waals surface area contributed by atoms with Crippen molar-refractivity contribution >= 4 is 5.97 Å². The molecule has 3 unspecified atom stereocenters. The van der Waals surface area contributed by atoms with Gasteiger partial charge in [-0.25, -0.2) is 0 Å². The molecule has 4 nitrogen and oxygen atoms in total. The second kappa shape index (κ2) is 9.54. The van der Waals surface area contributed by atoms with Crippen molar-refractivity contribution in [1.82, 2.24) is 0 Å². The lowest BCUT2D eigenvalue weighted by molar-refractivity contribution is -0.180. The van der Waals surface area contributed by atoms with Crippen molar-refractivity contribution in [2.45, 2.75) is 118 Å². The molecule has 4 aliphatic rings. The van der Waals surface area contributed by atoms with E-state index in [-0.39, 0.29) is 41.0 Å². The third kappa shape index (κ3) is 4.29. The van der Waals surface area contributed by atoms with Gasteiger partial charge in [0.25, 0.3) is 0 Å². The molecule has 34 heavy (non-hydrogen) atoms. The van der Waals surface area contributed by atoms with Crippen LogP contribution in [0.25, 0.3) is 0 Å². The third-order valence-electron chi connectivity index (χ3n) is 11.5. The lowest BCUT2D eigenvalue weighted by atomic mass is 9.46. The van der Waals surface area contributed by atoms with Crippen LogP contribution in [-0.4, -0.2) is 34.5 Å². The summed E-state index contributed by atoms with van der Waals surface area (Å²) in [6, 6.07) is 0. The van der Waals surface area contributed by atoms with Crippen molar-refractivity contribution in [1.29, 1.82) is 0 Å². The Morgan fingerprint density at radius 2 is 1.85 bits per heavy atom. The first-order chi connectivity index (χ1) is 15.9. The third-order valence-corrected chi connectivity index (χ3v) is 11.5. The Morgan fingerprint density at radius 1 is 1.15 bits per heavy atom. The van der Waals surface area contributed by atoms with Gasteiger partial charge in [0.2, 0.25) is 0 Å². The van der Waals surface area contributed by atoms with E-state index in [4.69, 9.17) is 4.74 Å². The van der Waals surface area contributed by atoms with Crippen LogP contribution in [0.15, 0.2) is 11.6 Å². The first-order valence-electron chi connectivity index (χ1n) is 14.1. The minimum atomic E-state index is -0.283. The summed E-state index contributed by atoms with van der Waals surface area (Å²) < 4.78 is 6.20. The molecule has 0 saturated heterocycles. The molecule has 194 valence electrons. The zero-order chi connectivity index (χ0) is 25.0. The Balaban J connectivity index is 1.63. The topological polar surface area (TPSA) is 66.8 Å². The fraction of sp³-hybridized carbons (Fsp3) is 0.900. The molecule has 3 saturated carbocycles. The number of carbonyl (C=O) groups is 1. The van der Waals surface area contributed by atoms with E-state index in [1.807, 2.05) is 0 Å². The average Bonchev–Trinajstić information content (AvgIpc) is 3.12. The maximum Gasteiger partial charge on any atom is 0.302 e. The van der Waals surface area contributed by atoms with E-state index in [9.17, 15) is 15.0 Å². The van der Waals surface area contributed by atoms with Crippen LogP contribution in [0.1, 0.15) is 99.8 Å². The second-order valence-electron chi connectivity index (χ2n) is 13.4. The summed E-state index contributed by atoms with van der Waals surface area (Å²) in [5, 5.41) is 21.3. The highest BCUT2D eigenvalue weighted by molar-refractivity contribution is 5.66. The predicted molar refractivity (Wildman–Crippen MR) is 136 cm³/mol. The predicted octanol–water partition coefficient (Wildman–Crippen LogP) is 6.15. The molecule has 0 aromatic heterocycles. The molecule has 4 aliphatic carbocycles. The molecule has 11 atom stereocenters. The fourth-order valence-electron chi connectivity index (χ4n) is 9.12. The first-order valence-corrected chi connectivity index (χ1v) is 14.1. The first kappa shape index (κ1) is 26.2. The summed E-state index contributed by atoms with van der Waals surface area (Å²) in [5.74, 6) is 3.14. The Labute approximate surface area is 207 Å². The molecule has 3 fully saturated rings. The lowest BCUT2D eigenvalue weighted by Gasteiger charge is -2.60. The van der Waals surface area contributed by atoms with Crippen LogP contribution in [0.4, 0.5) is 0 Å². The quantitative estimate of drug-likeness (QED) is 0.358. The fourth-order valence-corrected chi connectivity index (χ4v) is 9.12. The molecule has 0 bridgehead atoms. The summed E-state index contributed by atoms with van der Waals surface area (Å²) in [6.45, 7) is 15.3. The van der Waals surface area contributed by atoms with Crippen molar-refractivity contribution in [3.63, 3.8) is 0 Å². The van der Waals surface area contributed by atoms with E-state index in [0.717, 1.165) is 44.9 Å². The maximum absolute atomic E-state index is 12.3. The van der Waals surface area contributed by atoms with Gasteiger partial charge in [-0.15, -0.1) is 0 Å². The Hall–Kier alpha value is -0.870. The van der Waals surface area contributed by atoms with Gasteiger partial charge in [0, 0.05) is 12.3 Å². The summed E-state index contributed by atoms with van der Waals surface area (Å²) in [4.78, 5) is 12.3. The van der Waals surface area contributed by atoms with E-state index >= 15 is 0 Å². The number of allylic oxidation sites excluding steroid dienone is 1. The Morgan fingerprint density at radius 3 is 2.50 bits per heavy atom. The maximum atomic E-state index is 12.3. The number of aliphatic hydroxyl groups is 2. The van der Waals surface area contributed by atoms with Crippen LogP contribution < -0.4 is 0 Å². The highest BCUT2D eigenvalue weighted by atomic mass is 16.5. The van der Waals surface area contributed by atoms with Crippen LogP contribution >= 0.6 is 0 Å². The number of hydrogen-bond donors (Lipinski definition) is 2. The van der Waals surface area contributed by atoms with Crippen LogP contribution in [0.2, 0.25) is 0 Å². The number of rotatable bonds is 6. The minimum absolute atomic E-state index is 0.0388. The lowest BCUT2D eigenvalue weighted by Crippen LogP contribution is -2.57. The van der Waals surface area contributed by atoms with E-state index < -0.39 is 0 Å². The van der Waals surface area contributed by atoms with Crippen LogP contribution in [0, 0.1) is 52.3 Å². The summed E-state index contributed by atoms with van der Waals surface area (Å²) >= 11 is 0. The van der Waals surface area contributed by atoms with Crippen molar-refractivity contribution in [2.75, 3.05) is 0 Å². The molecule has 0 spiro atoms. The number of hydrogen-bond acceptors (Lipinski definition) is 4. The molecule has 4 rings (SSSR count). The monoisotopic (exact) mass is 474 g/mol. The highest BCUT2D eigenvalue weighted by Crippen LogP contribution is 2.68. The van der Waals surface area contributed by atoms with Gasteiger partial charge < -0.3 is 14.9 Å². The summed E-state index contributed by atoms with van der Waals surface area (Å²) in [5.41, 5.74) is 1.53. The molecule has 0 amide bonds. The van der Waals surface area contributed by atoms with Gasteiger partial charge in [0.15, 0.2) is 0 Å². The molecule has 0 radical (unpaired) electrons. The number of esters is 1. The summed E-state index contributed by atoms with van der Waals surface area (Å²) in [6.07, 6.45) is 9.88. The van der Waals surface area contributed by atoms with E-state index in [1.165, 1.54) is 12.0 Å². The van der Waals surface area contributed by atoms with E-state index in [1.54, 1.807) is 6.92 Å². The summed E-state index contributed by atoms with van der Waals surface area (Å²) in [7, 11) is 0. The smallest absolute Gasteiger partial charge is 0.302 e. The number of aliphatic hydroxyl groups excluding tert-OH is 2. The van der Waals surface area contributed by atoms with Gasteiger partial charge in [-0.05, 0) is 98.2 Å². The van der Waals surface area contributed by atoms with Crippen LogP contribution in [0.5, 0.6) is 0 Å². The van der Waals surface area contributed by atoms with Crippen molar-refractivity contribution in [3.05, 3.63) is 11.6 Å². The Kier molecular flexibility index (Phi) is 7.35. The molecule has 0 aromatic carbocycles. The molecule has 0 aromatic rings.